The first kappa shape index (κ1) is 12.9. The molecule has 0 unspecified atom stereocenters. The van der Waals surface area contributed by atoms with Gasteiger partial charge in [-0.15, -0.1) is 11.3 Å². The van der Waals surface area contributed by atoms with E-state index in [1.165, 1.54) is 0 Å². The summed E-state index contributed by atoms with van der Waals surface area (Å²) in [6.45, 7) is 2.18. The lowest BCUT2D eigenvalue weighted by molar-refractivity contribution is -0.116. The molecular weight excluding hydrogens is 276 g/mol. The Morgan fingerprint density at radius 1 is 1.40 bits per heavy atom. The largest absolute Gasteiger partial charge is 0.454 e. The predicted molar refractivity (Wildman–Crippen MR) is 76.4 cm³/mol. The summed E-state index contributed by atoms with van der Waals surface area (Å²) in [6.07, 6.45) is 1.08. The van der Waals surface area contributed by atoms with Crippen LogP contribution in [0.25, 0.3) is 0 Å². The molecule has 0 atom stereocenters. The number of hydrogen-bond acceptors (Lipinski definition) is 5. The Kier molecular flexibility index (Phi) is 3.56. The number of fused-ring (bicyclic) bond motifs is 1. The van der Waals surface area contributed by atoms with E-state index in [2.05, 4.69) is 10.3 Å². The van der Waals surface area contributed by atoms with Crippen LogP contribution in [0.5, 0.6) is 11.5 Å². The van der Waals surface area contributed by atoms with E-state index >= 15 is 0 Å². The van der Waals surface area contributed by atoms with E-state index in [-0.39, 0.29) is 12.7 Å². The molecule has 1 aromatic heterocycles. The second-order valence-electron chi connectivity index (χ2n) is 4.50. The van der Waals surface area contributed by atoms with Crippen molar-refractivity contribution in [3.8, 4) is 11.5 Å². The minimum Gasteiger partial charge on any atom is -0.454 e. The number of rotatable bonds is 4. The average Bonchev–Trinajstić information content (AvgIpc) is 3.04. The summed E-state index contributed by atoms with van der Waals surface area (Å²) in [6, 6.07) is 5.37. The normalized spacial score (nSPS) is 12.4. The first-order valence-corrected chi connectivity index (χ1v) is 7.19. The Hall–Kier alpha value is -2.08. The van der Waals surface area contributed by atoms with E-state index in [4.69, 9.17) is 9.47 Å². The summed E-state index contributed by atoms with van der Waals surface area (Å²) in [4.78, 5) is 16.2. The molecule has 0 spiro atoms. The molecule has 2 heterocycles. The van der Waals surface area contributed by atoms with E-state index in [1.807, 2.05) is 12.3 Å². The quantitative estimate of drug-likeness (QED) is 0.940. The number of nitrogens with zero attached hydrogens (tertiary/aromatic N) is 1. The molecule has 0 aliphatic carbocycles. The van der Waals surface area contributed by atoms with Crippen LogP contribution in [0.2, 0.25) is 0 Å². The van der Waals surface area contributed by atoms with E-state index in [0.29, 0.717) is 24.3 Å². The molecule has 0 saturated carbocycles. The fourth-order valence-corrected chi connectivity index (χ4v) is 2.71. The van der Waals surface area contributed by atoms with Crippen molar-refractivity contribution in [3.63, 3.8) is 0 Å². The molecule has 0 bridgehead atoms. The zero-order valence-electron chi connectivity index (χ0n) is 11.0. The second-order valence-corrected chi connectivity index (χ2v) is 5.44. The molecule has 1 amide bonds. The summed E-state index contributed by atoms with van der Waals surface area (Å²) < 4.78 is 10.5. The number of benzene rings is 1. The number of nitrogens with one attached hydrogen (secondary N) is 1. The van der Waals surface area contributed by atoms with Gasteiger partial charge in [-0.25, -0.2) is 4.98 Å². The van der Waals surface area contributed by atoms with Crippen LogP contribution in [0.3, 0.4) is 0 Å². The van der Waals surface area contributed by atoms with Gasteiger partial charge in [-0.1, -0.05) is 0 Å². The van der Waals surface area contributed by atoms with Crippen LogP contribution >= 0.6 is 11.3 Å². The average molecular weight is 290 g/mol. The molecule has 104 valence electrons. The Morgan fingerprint density at radius 2 is 2.25 bits per heavy atom. The van der Waals surface area contributed by atoms with Crippen LogP contribution in [-0.2, 0) is 11.2 Å². The molecular formula is C14H14N2O3S. The lowest BCUT2D eigenvalue weighted by Gasteiger charge is -2.05. The number of thiazole rings is 1. The Morgan fingerprint density at radius 3 is 3.05 bits per heavy atom. The summed E-state index contributed by atoms with van der Waals surface area (Å²) in [5, 5.41) is 5.83. The first-order chi connectivity index (χ1) is 9.70. The molecule has 6 heteroatoms. The van der Waals surface area contributed by atoms with Gasteiger partial charge in [0, 0.05) is 35.7 Å². The monoisotopic (exact) mass is 290 g/mol. The van der Waals surface area contributed by atoms with Gasteiger partial charge in [0.1, 0.15) is 0 Å². The molecule has 1 aliphatic heterocycles. The van der Waals surface area contributed by atoms with E-state index < -0.39 is 0 Å². The number of anilines is 1. The summed E-state index contributed by atoms with van der Waals surface area (Å²) >= 11 is 1.59. The summed E-state index contributed by atoms with van der Waals surface area (Å²) in [5.74, 6) is 1.34. The Labute approximate surface area is 120 Å². The highest BCUT2D eigenvalue weighted by Crippen LogP contribution is 2.34. The van der Waals surface area contributed by atoms with E-state index in [9.17, 15) is 4.79 Å². The minimum absolute atomic E-state index is 0.0308. The summed E-state index contributed by atoms with van der Waals surface area (Å²) in [7, 11) is 0. The van der Waals surface area contributed by atoms with Crippen molar-refractivity contribution in [2.24, 2.45) is 0 Å². The van der Waals surface area contributed by atoms with E-state index in [0.717, 1.165) is 16.4 Å². The number of aromatic nitrogens is 1. The maximum atomic E-state index is 11.9. The van der Waals surface area contributed by atoms with Crippen molar-refractivity contribution in [1.82, 2.24) is 4.98 Å². The van der Waals surface area contributed by atoms with Gasteiger partial charge in [0.25, 0.3) is 0 Å². The van der Waals surface area contributed by atoms with Crippen LogP contribution in [0, 0.1) is 6.92 Å². The number of aryl methyl sites for hydroxylation is 2. The van der Waals surface area contributed by atoms with Crippen molar-refractivity contribution in [1.29, 1.82) is 0 Å². The van der Waals surface area contributed by atoms with Crippen LogP contribution in [0.1, 0.15) is 17.1 Å². The Bertz CT molecular complexity index is 639. The fourth-order valence-electron chi connectivity index (χ4n) is 1.94. The van der Waals surface area contributed by atoms with Crippen LogP contribution in [-0.4, -0.2) is 17.7 Å². The number of carbonyl (C=O) groups excluding carboxylic acids is 1. The SMILES string of the molecule is Cc1csc(CCC(=O)Nc2ccc3c(c2)OCO3)n1. The third kappa shape index (κ3) is 2.91. The molecule has 0 radical (unpaired) electrons. The molecule has 0 fully saturated rings. The number of carbonyl (C=O) groups is 1. The second kappa shape index (κ2) is 5.50. The van der Waals surface area contributed by atoms with Gasteiger partial charge in [0.05, 0.1) is 5.01 Å². The van der Waals surface area contributed by atoms with Crippen LogP contribution < -0.4 is 14.8 Å². The molecule has 1 aromatic carbocycles. The fraction of sp³-hybridized carbons (Fsp3) is 0.286. The smallest absolute Gasteiger partial charge is 0.231 e. The molecule has 20 heavy (non-hydrogen) atoms. The van der Waals surface area contributed by atoms with Gasteiger partial charge in [0.2, 0.25) is 12.7 Å². The standard InChI is InChI=1S/C14H14N2O3S/c1-9-7-20-14(15-9)5-4-13(17)16-10-2-3-11-12(6-10)19-8-18-11/h2-3,6-7H,4-5,8H2,1H3,(H,16,17). The van der Waals surface area contributed by atoms with Crippen molar-refractivity contribution < 1.29 is 14.3 Å². The van der Waals surface area contributed by atoms with Crippen molar-refractivity contribution >= 4 is 22.9 Å². The van der Waals surface area contributed by atoms with Crippen LogP contribution in [0.4, 0.5) is 5.69 Å². The van der Waals surface area contributed by atoms with Gasteiger partial charge < -0.3 is 14.8 Å². The third-order valence-electron chi connectivity index (χ3n) is 2.89. The van der Waals surface area contributed by atoms with Gasteiger partial charge in [0.15, 0.2) is 11.5 Å². The highest BCUT2D eigenvalue weighted by atomic mass is 32.1. The van der Waals surface area contributed by atoms with Gasteiger partial charge in [-0.05, 0) is 19.1 Å². The topological polar surface area (TPSA) is 60.5 Å². The zero-order valence-corrected chi connectivity index (χ0v) is 11.8. The molecule has 1 aliphatic rings. The maximum Gasteiger partial charge on any atom is 0.231 e. The van der Waals surface area contributed by atoms with Gasteiger partial charge in [-0.3, -0.25) is 4.79 Å². The highest BCUT2D eigenvalue weighted by Gasteiger charge is 2.14. The number of amides is 1. The number of ether oxygens (including phenoxy) is 2. The maximum absolute atomic E-state index is 11.9. The van der Waals surface area contributed by atoms with Gasteiger partial charge >= 0.3 is 0 Å². The predicted octanol–water partition coefficient (Wildman–Crippen LogP) is 2.75. The van der Waals surface area contributed by atoms with Gasteiger partial charge in [-0.2, -0.15) is 0 Å². The minimum atomic E-state index is -0.0308. The Balaban J connectivity index is 1.56. The molecule has 0 saturated heterocycles. The lowest BCUT2D eigenvalue weighted by atomic mass is 10.2. The number of hydrogen-bond donors (Lipinski definition) is 1. The first-order valence-electron chi connectivity index (χ1n) is 6.31. The van der Waals surface area contributed by atoms with Crippen molar-refractivity contribution in [2.45, 2.75) is 19.8 Å². The van der Waals surface area contributed by atoms with E-state index in [1.54, 1.807) is 29.5 Å². The molecule has 2 aromatic rings. The lowest BCUT2D eigenvalue weighted by Crippen LogP contribution is -2.12. The van der Waals surface area contributed by atoms with Crippen molar-refractivity contribution in [2.75, 3.05) is 12.1 Å². The molecule has 1 N–H and O–H groups in total. The summed E-state index contributed by atoms with van der Waals surface area (Å²) in [5.41, 5.74) is 1.72. The third-order valence-corrected chi connectivity index (χ3v) is 3.92. The zero-order chi connectivity index (χ0) is 13.9. The molecule has 3 rings (SSSR count). The molecule has 5 nitrogen and oxygen atoms in total. The highest BCUT2D eigenvalue weighted by molar-refractivity contribution is 7.09. The van der Waals surface area contributed by atoms with Crippen molar-refractivity contribution in [3.05, 3.63) is 34.3 Å². The van der Waals surface area contributed by atoms with Crippen LogP contribution in [0.15, 0.2) is 23.6 Å².